The maximum atomic E-state index is 12.1. The van der Waals surface area contributed by atoms with Crippen molar-refractivity contribution in [3.8, 4) is 0 Å². The second-order valence-corrected chi connectivity index (χ2v) is 4.46. The van der Waals surface area contributed by atoms with Crippen LogP contribution in [0.1, 0.15) is 5.56 Å². The summed E-state index contributed by atoms with van der Waals surface area (Å²) in [5.41, 5.74) is 0.336. The van der Waals surface area contributed by atoms with Crippen molar-refractivity contribution in [2.24, 2.45) is 0 Å². The third kappa shape index (κ3) is 1.85. The van der Waals surface area contributed by atoms with Crippen LogP contribution in [-0.4, -0.2) is 14.2 Å². The molecule has 0 aliphatic rings. The molecule has 0 unspecified atom stereocenters. The summed E-state index contributed by atoms with van der Waals surface area (Å²) in [5.74, 6) is -3.35. The van der Waals surface area contributed by atoms with E-state index in [4.69, 9.17) is 0 Å². The fourth-order valence-corrected chi connectivity index (χ4v) is 1.95. The van der Waals surface area contributed by atoms with Crippen LogP contribution in [0.2, 0.25) is 0 Å². The normalized spacial score (nSPS) is 12.0. The molecular formula is C8H8F2O2S. The highest BCUT2D eigenvalue weighted by molar-refractivity contribution is 7.91. The van der Waals surface area contributed by atoms with Crippen molar-refractivity contribution in [3.05, 3.63) is 29.8 Å². The summed E-state index contributed by atoms with van der Waals surface area (Å²) in [6.07, 6.45) is 0. The number of hydrogen-bond acceptors (Lipinski definition) is 2. The number of aryl methyl sites for hydroxylation is 1. The van der Waals surface area contributed by atoms with Gasteiger partial charge in [-0.3, -0.25) is 0 Å². The first-order valence-corrected chi connectivity index (χ1v) is 5.08. The van der Waals surface area contributed by atoms with Crippen LogP contribution in [0, 0.1) is 6.92 Å². The Morgan fingerprint density at radius 3 is 2.23 bits per heavy atom. The second-order valence-electron chi connectivity index (χ2n) is 2.57. The Morgan fingerprint density at radius 1 is 1.23 bits per heavy atom. The Morgan fingerprint density at radius 2 is 1.77 bits per heavy atom. The zero-order valence-corrected chi connectivity index (χ0v) is 7.68. The molecule has 2 nitrogen and oxygen atoms in total. The molecular weight excluding hydrogens is 198 g/mol. The number of sulfone groups is 1. The number of hydrogen-bond donors (Lipinski definition) is 0. The molecule has 0 saturated heterocycles. The maximum Gasteiger partial charge on any atom is 0.341 e. The van der Waals surface area contributed by atoms with Crippen LogP contribution in [0.4, 0.5) is 8.78 Å². The lowest BCUT2D eigenvalue weighted by molar-refractivity contribution is 0.234. The summed E-state index contributed by atoms with van der Waals surface area (Å²) in [6, 6.07) is 5.67. The van der Waals surface area contributed by atoms with Crippen molar-refractivity contribution in [1.29, 1.82) is 0 Å². The van der Waals surface area contributed by atoms with Crippen LogP contribution in [0.3, 0.4) is 0 Å². The van der Waals surface area contributed by atoms with Crippen molar-refractivity contribution in [1.82, 2.24) is 0 Å². The van der Waals surface area contributed by atoms with E-state index in [1.807, 2.05) is 0 Å². The van der Waals surface area contributed by atoms with Gasteiger partial charge in [0.1, 0.15) is 0 Å². The molecule has 1 rings (SSSR count). The van der Waals surface area contributed by atoms with E-state index < -0.39 is 15.6 Å². The van der Waals surface area contributed by atoms with E-state index in [1.54, 1.807) is 6.07 Å². The Bertz CT molecular complexity index is 398. The minimum atomic E-state index is -4.44. The summed E-state index contributed by atoms with van der Waals surface area (Å²) in [5, 5.41) is 0. The first-order valence-electron chi connectivity index (χ1n) is 3.54. The number of rotatable bonds is 2. The van der Waals surface area contributed by atoms with E-state index in [2.05, 4.69) is 0 Å². The predicted octanol–water partition coefficient (Wildman–Crippen LogP) is 1.99. The summed E-state index contributed by atoms with van der Waals surface area (Å²) in [4.78, 5) is -0.301. The lowest BCUT2D eigenvalue weighted by Gasteiger charge is -2.05. The van der Waals surface area contributed by atoms with Crippen molar-refractivity contribution in [2.75, 3.05) is 0 Å². The average molecular weight is 206 g/mol. The van der Waals surface area contributed by atoms with Gasteiger partial charge in [-0.15, -0.1) is 0 Å². The Balaban J connectivity index is 3.32. The maximum absolute atomic E-state index is 12.1. The molecule has 1 aromatic carbocycles. The van der Waals surface area contributed by atoms with E-state index in [0.717, 1.165) is 0 Å². The molecule has 72 valence electrons. The molecule has 0 amide bonds. The molecule has 0 N–H and O–H groups in total. The molecule has 0 bridgehead atoms. The van der Waals surface area contributed by atoms with Gasteiger partial charge in [-0.05, 0) is 18.6 Å². The van der Waals surface area contributed by atoms with Gasteiger partial charge in [-0.2, -0.15) is 8.78 Å². The van der Waals surface area contributed by atoms with Crippen molar-refractivity contribution >= 4 is 9.84 Å². The van der Waals surface area contributed by atoms with Crippen LogP contribution in [-0.2, 0) is 9.84 Å². The van der Waals surface area contributed by atoms with Crippen LogP contribution >= 0.6 is 0 Å². The fraction of sp³-hybridized carbons (Fsp3) is 0.250. The third-order valence-electron chi connectivity index (χ3n) is 1.63. The van der Waals surface area contributed by atoms with Crippen LogP contribution < -0.4 is 0 Å². The van der Waals surface area contributed by atoms with E-state index in [1.165, 1.54) is 25.1 Å². The van der Waals surface area contributed by atoms with Crippen molar-refractivity contribution in [3.63, 3.8) is 0 Å². The molecule has 0 aliphatic carbocycles. The summed E-state index contributed by atoms with van der Waals surface area (Å²) in [7, 11) is -4.44. The third-order valence-corrected chi connectivity index (χ3v) is 3.17. The molecule has 0 fully saturated rings. The first kappa shape index (κ1) is 10.1. The summed E-state index contributed by atoms with van der Waals surface area (Å²) in [6.45, 7) is 1.48. The smallest absolute Gasteiger partial charge is 0.218 e. The van der Waals surface area contributed by atoms with Gasteiger partial charge in [0.25, 0.3) is 0 Å². The van der Waals surface area contributed by atoms with E-state index >= 15 is 0 Å². The number of benzene rings is 1. The zero-order valence-electron chi connectivity index (χ0n) is 6.87. The van der Waals surface area contributed by atoms with Crippen LogP contribution in [0.25, 0.3) is 0 Å². The standard InChI is InChI=1S/C8H8F2O2S/c1-6-4-2-3-5-7(6)13(11,12)8(9)10/h2-5,8H,1H3. The lowest BCUT2D eigenvalue weighted by atomic mass is 10.2. The van der Waals surface area contributed by atoms with Gasteiger partial charge in [-0.25, -0.2) is 8.42 Å². The lowest BCUT2D eigenvalue weighted by Crippen LogP contribution is -2.12. The van der Waals surface area contributed by atoms with Gasteiger partial charge in [0, 0.05) is 0 Å². The van der Waals surface area contributed by atoms with E-state index in [9.17, 15) is 17.2 Å². The molecule has 5 heteroatoms. The van der Waals surface area contributed by atoms with Gasteiger partial charge in [0.15, 0.2) is 0 Å². The van der Waals surface area contributed by atoms with E-state index in [0.29, 0.717) is 5.56 Å². The highest BCUT2D eigenvalue weighted by Gasteiger charge is 2.27. The van der Waals surface area contributed by atoms with Gasteiger partial charge < -0.3 is 0 Å². The molecule has 0 spiro atoms. The van der Waals surface area contributed by atoms with Crippen molar-refractivity contribution < 1.29 is 17.2 Å². The van der Waals surface area contributed by atoms with E-state index in [-0.39, 0.29) is 4.90 Å². The predicted molar refractivity (Wildman–Crippen MR) is 44.4 cm³/mol. The van der Waals surface area contributed by atoms with Gasteiger partial charge in [-0.1, -0.05) is 18.2 Å². The quantitative estimate of drug-likeness (QED) is 0.741. The van der Waals surface area contributed by atoms with Gasteiger partial charge in [0.2, 0.25) is 9.84 Å². The monoisotopic (exact) mass is 206 g/mol. The topological polar surface area (TPSA) is 34.1 Å². The second kappa shape index (κ2) is 3.41. The Kier molecular flexibility index (Phi) is 2.66. The van der Waals surface area contributed by atoms with Gasteiger partial charge >= 0.3 is 5.76 Å². The Labute approximate surface area is 75.1 Å². The summed E-state index contributed by atoms with van der Waals surface area (Å²) >= 11 is 0. The minimum Gasteiger partial charge on any atom is -0.218 e. The number of halogens is 2. The molecule has 0 aliphatic heterocycles. The zero-order chi connectivity index (χ0) is 10.1. The molecule has 1 aromatic rings. The highest BCUT2D eigenvalue weighted by Crippen LogP contribution is 2.20. The van der Waals surface area contributed by atoms with Gasteiger partial charge in [0.05, 0.1) is 4.90 Å². The van der Waals surface area contributed by atoms with Crippen LogP contribution in [0.15, 0.2) is 29.2 Å². The molecule has 0 aromatic heterocycles. The largest absolute Gasteiger partial charge is 0.341 e. The van der Waals surface area contributed by atoms with Crippen molar-refractivity contribution in [2.45, 2.75) is 17.6 Å². The molecule has 0 radical (unpaired) electrons. The molecule has 0 heterocycles. The average Bonchev–Trinajstić information content (AvgIpc) is 2.04. The minimum absolute atomic E-state index is 0.301. The SMILES string of the molecule is Cc1ccccc1S(=O)(=O)C(F)F. The molecule has 0 atom stereocenters. The fourth-order valence-electron chi connectivity index (χ4n) is 0.972. The van der Waals surface area contributed by atoms with Crippen LogP contribution in [0.5, 0.6) is 0 Å². The highest BCUT2D eigenvalue weighted by atomic mass is 32.2. The molecule has 13 heavy (non-hydrogen) atoms. The summed E-state index contributed by atoms with van der Waals surface area (Å²) < 4.78 is 46.2. The molecule has 0 saturated carbocycles. The first-order chi connectivity index (χ1) is 5.96. The number of alkyl halides is 2. The Hall–Kier alpha value is -0.970.